The molecule has 1 aliphatic carbocycles. The van der Waals surface area contributed by atoms with Crippen molar-refractivity contribution in [3.63, 3.8) is 0 Å². The quantitative estimate of drug-likeness (QED) is 0.770. The lowest BCUT2D eigenvalue weighted by Crippen LogP contribution is -2.48. The standard InChI is InChI=1S/C20H24N2O4/c1-4-17(23)21(2)13-18(24)22-9-7-20(8-10-22)12-14-11-15(26-3)5-6-16(14)19(20)25/h4-6,11H,1,7-10,12-13H2,2-3H3. The van der Waals surface area contributed by atoms with E-state index in [0.29, 0.717) is 32.4 Å². The van der Waals surface area contributed by atoms with Crippen molar-refractivity contribution in [3.05, 3.63) is 42.0 Å². The van der Waals surface area contributed by atoms with E-state index in [1.54, 1.807) is 19.1 Å². The highest BCUT2D eigenvalue weighted by Crippen LogP contribution is 2.45. The Bertz CT molecular complexity index is 763. The molecule has 0 bridgehead atoms. The van der Waals surface area contributed by atoms with Gasteiger partial charge in [-0.15, -0.1) is 0 Å². The van der Waals surface area contributed by atoms with Crippen LogP contribution in [0.3, 0.4) is 0 Å². The van der Waals surface area contributed by atoms with Crippen molar-refractivity contribution in [3.8, 4) is 5.75 Å². The van der Waals surface area contributed by atoms with Crippen LogP contribution >= 0.6 is 0 Å². The van der Waals surface area contributed by atoms with Crippen LogP contribution in [0, 0.1) is 5.41 Å². The molecular weight excluding hydrogens is 332 g/mol. The number of ketones is 1. The summed E-state index contributed by atoms with van der Waals surface area (Å²) in [6.07, 6.45) is 3.19. The maximum Gasteiger partial charge on any atom is 0.246 e. The fraction of sp³-hybridized carbons (Fsp3) is 0.450. The number of fused-ring (bicyclic) bond motifs is 1. The Morgan fingerprint density at radius 1 is 1.35 bits per heavy atom. The van der Waals surface area contributed by atoms with Crippen LogP contribution < -0.4 is 4.74 Å². The maximum atomic E-state index is 12.9. The molecule has 6 nitrogen and oxygen atoms in total. The molecule has 0 aromatic heterocycles. The van der Waals surface area contributed by atoms with E-state index in [9.17, 15) is 14.4 Å². The van der Waals surface area contributed by atoms with Crippen molar-refractivity contribution in [2.45, 2.75) is 19.3 Å². The molecule has 1 heterocycles. The van der Waals surface area contributed by atoms with Crippen molar-refractivity contribution in [2.24, 2.45) is 5.41 Å². The Morgan fingerprint density at radius 2 is 2.04 bits per heavy atom. The number of rotatable bonds is 4. The molecule has 1 aromatic rings. The Morgan fingerprint density at radius 3 is 2.65 bits per heavy atom. The highest BCUT2D eigenvalue weighted by Gasteiger charge is 2.47. The molecule has 1 spiro atoms. The number of amides is 2. The minimum absolute atomic E-state index is 0.0310. The SMILES string of the molecule is C=CC(=O)N(C)CC(=O)N1CCC2(CC1)Cc1cc(OC)ccc1C2=O. The fourth-order valence-electron chi connectivity index (χ4n) is 3.92. The number of Topliss-reactive ketones (excluding diaryl/α,β-unsaturated/α-hetero) is 1. The summed E-state index contributed by atoms with van der Waals surface area (Å²) >= 11 is 0. The van der Waals surface area contributed by atoms with Gasteiger partial charge in [0.2, 0.25) is 11.8 Å². The van der Waals surface area contributed by atoms with Gasteiger partial charge in [-0.3, -0.25) is 14.4 Å². The van der Waals surface area contributed by atoms with Crippen LogP contribution in [0.4, 0.5) is 0 Å². The number of hydrogen-bond acceptors (Lipinski definition) is 4. The Hall–Kier alpha value is -2.63. The molecule has 1 aromatic carbocycles. The van der Waals surface area contributed by atoms with Crippen LogP contribution in [0.1, 0.15) is 28.8 Å². The minimum Gasteiger partial charge on any atom is -0.497 e. The monoisotopic (exact) mass is 356 g/mol. The predicted octanol–water partition coefficient (Wildman–Crippen LogP) is 1.69. The van der Waals surface area contributed by atoms with Gasteiger partial charge in [0.25, 0.3) is 0 Å². The summed E-state index contributed by atoms with van der Waals surface area (Å²) in [7, 11) is 3.20. The van der Waals surface area contributed by atoms with Gasteiger partial charge in [-0.1, -0.05) is 6.58 Å². The van der Waals surface area contributed by atoms with Crippen molar-refractivity contribution >= 4 is 17.6 Å². The normalized spacial score (nSPS) is 17.8. The topological polar surface area (TPSA) is 66.9 Å². The lowest BCUT2D eigenvalue weighted by molar-refractivity contribution is -0.138. The first-order valence-corrected chi connectivity index (χ1v) is 8.77. The number of nitrogens with zero attached hydrogens (tertiary/aromatic N) is 2. The second kappa shape index (κ2) is 6.94. The largest absolute Gasteiger partial charge is 0.497 e. The van der Waals surface area contributed by atoms with Crippen LogP contribution in [0.15, 0.2) is 30.9 Å². The molecule has 6 heteroatoms. The zero-order chi connectivity index (χ0) is 18.9. The van der Waals surface area contributed by atoms with E-state index in [1.807, 2.05) is 18.2 Å². The summed E-state index contributed by atoms with van der Waals surface area (Å²) < 4.78 is 5.26. The van der Waals surface area contributed by atoms with Crippen molar-refractivity contribution < 1.29 is 19.1 Å². The molecule has 0 N–H and O–H groups in total. The van der Waals surface area contributed by atoms with E-state index in [4.69, 9.17) is 4.74 Å². The second-order valence-electron chi connectivity index (χ2n) is 7.09. The van der Waals surface area contributed by atoms with Crippen LogP contribution in [0.25, 0.3) is 0 Å². The first kappa shape index (κ1) is 18.2. The van der Waals surface area contributed by atoms with E-state index in [2.05, 4.69) is 6.58 Å². The fourth-order valence-corrected chi connectivity index (χ4v) is 3.92. The Balaban J connectivity index is 1.65. The summed E-state index contributed by atoms with van der Waals surface area (Å²) in [6.45, 7) is 4.53. The molecule has 1 fully saturated rings. The second-order valence-corrected chi connectivity index (χ2v) is 7.09. The summed E-state index contributed by atoms with van der Waals surface area (Å²) in [5.74, 6) is 0.571. The van der Waals surface area contributed by atoms with Crippen LogP contribution in [0.2, 0.25) is 0 Å². The van der Waals surface area contributed by atoms with E-state index >= 15 is 0 Å². The molecule has 3 rings (SSSR count). The van der Waals surface area contributed by atoms with Crippen molar-refractivity contribution in [1.29, 1.82) is 0 Å². The van der Waals surface area contributed by atoms with Gasteiger partial charge in [0.1, 0.15) is 5.75 Å². The molecule has 2 aliphatic rings. The smallest absolute Gasteiger partial charge is 0.246 e. The van der Waals surface area contributed by atoms with Gasteiger partial charge in [-0.25, -0.2) is 0 Å². The highest BCUT2D eigenvalue weighted by atomic mass is 16.5. The molecule has 2 amide bonds. The molecule has 0 unspecified atom stereocenters. The molecular formula is C20H24N2O4. The lowest BCUT2D eigenvalue weighted by Gasteiger charge is -2.38. The summed E-state index contributed by atoms with van der Waals surface area (Å²) in [5.41, 5.74) is 1.40. The molecule has 0 atom stereocenters. The summed E-state index contributed by atoms with van der Waals surface area (Å²) in [5, 5.41) is 0. The number of piperidine rings is 1. The summed E-state index contributed by atoms with van der Waals surface area (Å²) in [4.78, 5) is 40.0. The van der Waals surface area contributed by atoms with Gasteiger partial charge >= 0.3 is 0 Å². The lowest BCUT2D eigenvalue weighted by atomic mass is 9.75. The Labute approximate surface area is 153 Å². The van der Waals surface area contributed by atoms with E-state index in [-0.39, 0.29) is 24.1 Å². The predicted molar refractivity (Wildman–Crippen MR) is 97.1 cm³/mol. The first-order valence-electron chi connectivity index (χ1n) is 8.77. The third-order valence-electron chi connectivity index (χ3n) is 5.56. The molecule has 1 aliphatic heterocycles. The van der Waals surface area contributed by atoms with Gasteiger partial charge < -0.3 is 14.5 Å². The number of likely N-dealkylation sites (tertiary alicyclic amines) is 1. The Kier molecular flexibility index (Phi) is 4.85. The van der Waals surface area contributed by atoms with Gasteiger partial charge in [-0.2, -0.15) is 0 Å². The molecule has 0 saturated carbocycles. The number of carbonyl (C=O) groups excluding carboxylic acids is 3. The number of likely N-dealkylation sites (N-methyl/N-ethyl adjacent to an activating group) is 1. The van der Waals surface area contributed by atoms with E-state index in [0.717, 1.165) is 16.9 Å². The van der Waals surface area contributed by atoms with E-state index in [1.165, 1.54) is 11.0 Å². The third kappa shape index (κ3) is 3.11. The average Bonchev–Trinajstić information content (AvgIpc) is 2.92. The molecule has 1 saturated heterocycles. The van der Waals surface area contributed by atoms with E-state index < -0.39 is 5.41 Å². The minimum atomic E-state index is -0.408. The highest BCUT2D eigenvalue weighted by molar-refractivity contribution is 6.05. The van der Waals surface area contributed by atoms with Crippen LogP contribution in [-0.2, 0) is 16.0 Å². The van der Waals surface area contributed by atoms with Gasteiger partial charge in [0, 0.05) is 31.1 Å². The molecule has 0 radical (unpaired) electrons. The number of methoxy groups -OCH3 is 1. The first-order chi connectivity index (χ1) is 12.4. The maximum absolute atomic E-state index is 12.9. The van der Waals surface area contributed by atoms with Gasteiger partial charge in [0.15, 0.2) is 5.78 Å². The van der Waals surface area contributed by atoms with Crippen LogP contribution in [0.5, 0.6) is 5.75 Å². The van der Waals surface area contributed by atoms with Crippen molar-refractivity contribution in [1.82, 2.24) is 9.80 Å². The number of hydrogen-bond donors (Lipinski definition) is 0. The van der Waals surface area contributed by atoms with Crippen LogP contribution in [-0.4, -0.2) is 61.2 Å². The van der Waals surface area contributed by atoms with Gasteiger partial charge in [0.05, 0.1) is 13.7 Å². The van der Waals surface area contributed by atoms with Crippen molar-refractivity contribution in [2.75, 3.05) is 33.8 Å². The average molecular weight is 356 g/mol. The molecule has 138 valence electrons. The molecule has 26 heavy (non-hydrogen) atoms. The summed E-state index contributed by atoms with van der Waals surface area (Å²) in [6, 6.07) is 5.61. The number of ether oxygens (including phenoxy) is 1. The number of benzene rings is 1. The third-order valence-corrected chi connectivity index (χ3v) is 5.56. The van der Waals surface area contributed by atoms with Gasteiger partial charge in [-0.05, 0) is 49.1 Å². The zero-order valence-corrected chi connectivity index (χ0v) is 15.3. The number of carbonyl (C=O) groups is 3. The zero-order valence-electron chi connectivity index (χ0n) is 15.3.